The van der Waals surface area contributed by atoms with Crippen LogP contribution in [0.4, 0.5) is 22.0 Å². The summed E-state index contributed by atoms with van der Waals surface area (Å²) < 4.78 is 65.9. The lowest BCUT2D eigenvalue weighted by Crippen LogP contribution is -2.36. The van der Waals surface area contributed by atoms with Gasteiger partial charge >= 0.3 is 18.1 Å². The van der Waals surface area contributed by atoms with Crippen molar-refractivity contribution >= 4 is 17.7 Å². The predicted molar refractivity (Wildman–Crippen MR) is 77.2 cm³/mol. The van der Waals surface area contributed by atoms with E-state index in [0.717, 1.165) is 0 Å². The number of alkyl halides is 5. The van der Waals surface area contributed by atoms with Crippen molar-refractivity contribution in [2.24, 2.45) is 5.92 Å². The number of carbonyl (C=O) groups is 1. The molecule has 2 nitrogen and oxygen atoms in total. The first-order chi connectivity index (χ1) is 10.0. The van der Waals surface area contributed by atoms with E-state index in [2.05, 4.69) is 4.74 Å². The van der Waals surface area contributed by atoms with E-state index in [4.69, 9.17) is 0 Å². The van der Waals surface area contributed by atoms with Gasteiger partial charge in [0.2, 0.25) is 0 Å². The fourth-order valence-electron chi connectivity index (χ4n) is 1.79. The topological polar surface area (TPSA) is 26.3 Å². The van der Waals surface area contributed by atoms with Crippen molar-refractivity contribution in [2.75, 3.05) is 12.9 Å². The van der Waals surface area contributed by atoms with Crippen LogP contribution in [-0.4, -0.2) is 36.2 Å². The van der Waals surface area contributed by atoms with E-state index in [-0.39, 0.29) is 24.1 Å². The van der Waals surface area contributed by atoms with E-state index < -0.39 is 18.5 Å². The molecule has 132 valence electrons. The van der Waals surface area contributed by atoms with Crippen LogP contribution in [0.2, 0.25) is 0 Å². The first kappa shape index (κ1) is 21.5. The summed E-state index contributed by atoms with van der Waals surface area (Å²) >= 11 is 1.36. The predicted octanol–water partition coefficient (Wildman–Crippen LogP) is 5.07. The molecule has 0 saturated carbocycles. The minimum Gasteiger partial charge on any atom is -0.468 e. The van der Waals surface area contributed by atoms with Gasteiger partial charge in [-0.15, -0.1) is 11.8 Å². The van der Waals surface area contributed by atoms with Crippen molar-refractivity contribution in [3.05, 3.63) is 0 Å². The molecule has 0 bridgehead atoms. The van der Waals surface area contributed by atoms with Crippen LogP contribution < -0.4 is 0 Å². The van der Waals surface area contributed by atoms with Gasteiger partial charge in [-0.1, -0.05) is 20.3 Å². The molecule has 0 N–H and O–H groups in total. The Balaban J connectivity index is 3.98. The van der Waals surface area contributed by atoms with Crippen molar-refractivity contribution in [2.45, 2.75) is 63.3 Å². The first-order valence-corrected chi connectivity index (χ1v) is 8.20. The minimum atomic E-state index is -5.48. The molecule has 8 heteroatoms. The molecule has 0 aliphatic carbocycles. The summed E-state index contributed by atoms with van der Waals surface area (Å²) in [5, 5.41) is -0.318. The van der Waals surface area contributed by atoms with Crippen LogP contribution in [-0.2, 0) is 9.53 Å². The normalized spacial score (nSPS) is 14.2. The van der Waals surface area contributed by atoms with Gasteiger partial charge in [-0.3, -0.25) is 4.79 Å². The number of carbonyl (C=O) groups excluding carboxylic acids is 1. The Morgan fingerprint density at radius 3 is 2.14 bits per heavy atom. The van der Waals surface area contributed by atoms with Crippen molar-refractivity contribution < 1.29 is 31.5 Å². The fourth-order valence-corrected chi connectivity index (χ4v) is 3.19. The van der Waals surface area contributed by atoms with Crippen LogP contribution in [0, 0.1) is 5.92 Å². The van der Waals surface area contributed by atoms with Crippen molar-refractivity contribution in [3.63, 3.8) is 0 Å². The van der Waals surface area contributed by atoms with E-state index in [1.54, 1.807) is 0 Å². The van der Waals surface area contributed by atoms with Gasteiger partial charge < -0.3 is 4.74 Å². The summed E-state index contributed by atoms with van der Waals surface area (Å²) in [6.07, 6.45) is -5.45. The average Bonchev–Trinajstić information content (AvgIpc) is 2.38. The van der Waals surface area contributed by atoms with Crippen LogP contribution in [0.1, 0.15) is 46.0 Å². The van der Waals surface area contributed by atoms with Crippen molar-refractivity contribution in [1.29, 1.82) is 0 Å². The Labute approximate surface area is 132 Å². The summed E-state index contributed by atoms with van der Waals surface area (Å²) in [6, 6.07) is 0. The molecule has 0 radical (unpaired) electrons. The third kappa shape index (κ3) is 8.19. The second kappa shape index (κ2) is 9.57. The Kier molecular flexibility index (Phi) is 9.34. The second-order valence-electron chi connectivity index (χ2n) is 5.53. The van der Waals surface area contributed by atoms with E-state index >= 15 is 0 Å². The van der Waals surface area contributed by atoms with Crippen LogP contribution in [0.5, 0.6) is 0 Å². The van der Waals surface area contributed by atoms with Gasteiger partial charge in [0, 0.05) is 6.42 Å². The molecule has 0 spiro atoms. The zero-order valence-electron chi connectivity index (χ0n) is 13.0. The SMILES string of the molecule is COC(=O)C(CC(C)C)SCCCCCC(F)(F)C(F)(F)F. The molecule has 0 heterocycles. The molecule has 0 aromatic rings. The Morgan fingerprint density at radius 1 is 1.09 bits per heavy atom. The van der Waals surface area contributed by atoms with Crippen LogP contribution in [0.15, 0.2) is 0 Å². The van der Waals surface area contributed by atoms with Gasteiger partial charge in [-0.05, 0) is 30.9 Å². The summed E-state index contributed by atoms with van der Waals surface area (Å²) in [5.74, 6) is -4.11. The number of thioether (sulfide) groups is 1. The van der Waals surface area contributed by atoms with E-state index in [1.807, 2.05) is 13.8 Å². The molecule has 0 aromatic carbocycles. The van der Waals surface area contributed by atoms with Crippen LogP contribution >= 0.6 is 11.8 Å². The monoisotopic (exact) mass is 350 g/mol. The van der Waals surface area contributed by atoms with Crippen molar-refractivity contribution in [3.8, 4) is 0 Å². The molecule has 1 unspecified atom stereocenters. The number of hydrogen-bond acceptors (Lipinski definition) is 3. The minimum absolute atomic E-state index is 0.194. The van der Waals surface area contributed by atoms with Gasteiger partial charge in [0.05, 0.1) is 7.11 Å². The molecule has 0 amide bonds. The molecule has 0 fully saturated rings. The highest BCUT2D eigenvalue weighted by Crippen LogP contribution is 2.39. The zero-order chi connectivity index (χ0) is 17.4. The van der Waals surface area contributed by atoms with Gasteiger partial charge in [0.25, 0.3) is 0 Å². The van der Waals surface area contributed by atoms with Gasteiger partial charge in [-0.25, -0.2) is 0 Å². The summed E-state index contributed by atoms with van der Waals surface area (Å²) in [7, 11) is 1.30. The molecule has 0 rings (SSSR count). The molecule has 22 heavy (non-hydrogen) atoms. The maximum Gasteiger partial charge on any atom is 0.453 e. The number of ether oxygens (including phenoxy) is 1. The van der Waals surface area contributed by atoms with Crippen molar-refractivity contribution in [1.82, 2.24) is 0 Å². The molecule has 0 aliphatic rings. The molecular formula is C14H23F5O2S. The highest BCUT2D eigenvalue weighted by molar-refractivity contribution is 8.00. The summed E-state index contributed by atoms with van der Waals surface area (Å²) in [5.41, 5.74) is 0. The third-order valence-electron chi connectivity index (χ3n) is 3.02. The molecule has 1 atom stereocenters. The highest BCUT2D eigenvalue weighted by Gasteiger charge is 2.56. The highest BCUT2D eigenvalue weighted by atomic mass is 32.2. The van der Waals surface area contributed by atoms with Crippen LogP contribution in [0.3, 0.4) is 0 Å². The van der Waals surface area contributed by atoms with E-state index in [9.17, 15) is 26.7 Å². The quantitative estimate of drug-likeness (QED) is 0.313. The van der Waals surface area contributed by atoms with Crippen LogP contribution in [0.25, 0.3) is 0 Å². The fraction of sp³-hybridized carbons (Fsp3) is 0.929. The summed E-state index contributed by atoms with van der Waals surface area (Å²) in [4.78, 5) is 11.5. The Bertz CT molecular complexity index is 332. The molecule has 0 aliphatic heterocycles. The summed E-state index contributed by atoms with van der Waals surface area (Å²) in [6.45, 7) is 3.94. The lowest BCUT2D eigenvalue weighted by atomic mass is 10.1. The van der Waals surface area contributed by atoms with Gasteiger partial charge in [-0.2, -0.15) is 22.0 Å². The van der Waals surface area contributed by atoms with Gasteiger partial charge in [0.1, 0.15) is 5.25 Å². The number of hydrogen-bond donors (Lipinski definition) is 0. The van der Waals surface area contributed by atoms with Gasteiger partial charge in [0.15, 0.2) is 0 Å². The number of methoxy groups -OCH3 is 1. The molecule has 0 saturated heterocycles. The number of esters is 1. The zero-order valence-corrected chi connectivity index (χ0v) is 13.8. The molecular weight excluding hydrogens is 327 g/mol. The smallest absolute Gasteiger partial charge is 0.453 e. The maximum atomic E-state index is 12.7. The van der Waals surface area contributed by atoms with E-state index in [1.165, 1.54) is 18.9 Å². The Morgan fingerprint density at radius 2 is 1.68 bits per heavy atom. The second-order valence-corrected chi connectivity index (χ2v) is 6.84. The largest absolute Gasteiger partial charge is 0.468 e. The third-order valence-corrected chi connectivity index (χ3v) is 4.33. The lowest BCUT2D eigenvalue weighted by Gasteiger charge is -2.19. The average molecular weight is 350 g/mol. The van der Waals surface area contributed by atoms with E-state index in [0.29, 0.717) is 24.5 Å². The first-order valence-electron chi connectivity index (χ1n) is 7.15. The standard InChI is InChI=1S/C14H23F5O2S/c1-10(2)9-11(12(20)21-3)22-8-6-4-5-7-13(15,16)14(17,18)19/h10-11H,4-9H2,1-3H3. The maximum absolute atomic E-state index is 12.7. The molecule has 0 aromatic heterocycles. The Hall–Kier alpha value is -0.530. The number of rotatable bonds is 10. The lowest BCUT2D eigenvalue weighted by molar-refractivity contribution is -0.284. The number of unbranched alkanes of at least 4 members (excludes halogenated alkanes) is 2. The number of halogens is 5.